The summed E-state index contributed by atoms with van der Waals surface area (Å²) in [5, 5.41) is 10.9. The maximum atomic E-state index is 12.6. The predicted molar refractivity (Wildman–Crippen MR) is 129 cm³/mol. The highest BCUT2D eigenvalue weighted by Crippen LogP contribution is 2.35. The standard InChI is InChI=1S/C22H21N5OS3/c1-27-17(25-26-22(27)29-12-6-9-14-7-3-2-4-8-14)13-30-21-23-19(28)18-15-10-5-11-16(15)31-20(18)24-21/h2-4,6-9H,5,10-13H2,1H3,(H,23,24,28)/b9-6+. The molecule has 3 heterocycles. The molecule has 0 saturated heterocycles. The number of nitrogens with one attached hydrogen (secondary N) is 1. The van der Waals surface area contributed by atoms with Crippen LogP contribution in [0.5, 0.6) is 0 Å². The minimum atomic E-state index is -0.0219. The SMILES string of the molecule is Cn1c(CSc2nc3sc4c(c3c(=O)[nH]2)CCC4)nnc1SC/C=C/c1ccccc1. The highest BCUT2D eigenvalue weighted by Gasteiger charge is 2.21. The molecule has 0 fully saturated rings. The number of aromatic amines is 1. The first-order valence-electron chi connectivity index (χ1n) is 10.1. The van der Waals surface area contributed by atoms with E-state index in [1.807, 2.05) is 29.8 Å². The Labute approximate surface area is 192 Å². The van der Waals surface area contributed by atoms with Crippen LogP contribution in [0, 0.1) is 0 Å². The van der Waals surface area contributed by atoms with E-state index in [9.17, 15) is 4.79 Å². The average molecular weight is 468 g/mol. The van der Waals surface area contributed by atoms with Gasteiger partial charge in [-0.1, -0.05) is 66.0 Å². The maximum Gasteiger partial charge on any atom is 0.260 e. The number of thiophene rings is 1. The summed E-state index contributed by atoms with van der Waals surface area (Å²) in [5.41, 5.74) is 2.38. The van der Waals surface area contributed by atoms with E-state index in [0.717, 1.165) is 46.2 Å². The summed E-state index contributed by atoms with van der Waals surface area (Å²) in [6, 6.07) is 10.2. The third-order valence-corrected chi connectivity index (χ3v) is 8.26. The first kappa shape index (κ1) is 20.5. The predicted octanol–water partition coefficient (Wildman–Crippen LogP) is 4.70. The van der Waals surface area contributed by atoms with Crippen LogP contribution in [-0.2, 0) is 25.6 Å². The summed E-state index contributed by atoms with van der Waals surface area (Å²) in [7, 11) is 1.97. The first-order valence-corrected chi connectivity index (χ1v) is 12.9. The number of aryl methyl sites for hydroxylation is 2. The van der Waals surface area contributed by atoms with Crippen LogP contribution in [0.25, 0.3) is 16.3 Å². The molecule has 4 aromatic rings. The smallest absolute Gasteiger partial charge is 0.260 e. The van der Waals surface area contributed by atoms with Gasteiger partial charge in [0.25, 0.3) is 5.56 Å². The van der Waals surface area contributed by atoms with Crippen LogP contribution in [0.4, 0.5) is 0 Å². The molecule has 1 aliphatic rings. The molecule has 9 heteroatoms. The van der Waals surface area contributed by atoms with E-state index in [-0.39, 0.29) is 5.56 Å². The number of H-pyrrole nitrogens is 1. The van der Waals surface area contributed by atoms with E-state index in [0.29, 0.717) is 10.9 Å². The molecule has 0 amide bonds. The second-order valence-electron chi connectivity index (χ2n) is 7.28. The molecular weight excluding hydrogens is 446 g/mol. The minimum absolute atomic E-state index is 0.0219. The molecule has 1 N–H and O–H groups in total. The van der Waals surface area contributed by atoms with E-state index >= 15 is 0 Å². The first-order chi connectivity index (χ1) is 15.2. The molecule has 1 aromatic carbocycles. The van der Waals surface area contributed by atoms with Gasteiger partial charge in [-0.2, -0.15) is 0 Å². The van der Waals surface area contributed by atoms with Gasteiger partial charge in [0.1, 0.15) is 10.7 Å². The van der Waals surface area contributed by atoms with Crippen LogP contribution in [0.3, 0.4) is 0 Å². The van der Waals surface area contributed by atoms with Gasteiger partial charge in [-0.15, -0.1) is 21.5 Å². The van der Waals surface area contributed by atoms with Gasteiger partial charge < -0.3 is 9.55 Å². The second kappa shape index (κ2) is 9.02. The third kappa shape index (κ3) is 4.35. The van der Waals surface area contributed by atoms with Crippen LogP contribution >= 0.6 is 34.9 Å². The number of aromatic nitrogens is 5. The lowest BCUT2D eigenvalue weighted by Crippen LogP contribution is -2.09. The Morgan fingerprint density at radius 1 is 1.19 bits per heavy atom. The van der Waals surface area contributed by atoms with Crippen LogP contribution in [-0.4, -0.2) is 30.5 Å². The maximum absolute atomic E-state index is 12.6. The quantitative estimate of drug-likeness (QED) is 0.314. The number of nitrogens with zero attached hydrogens (tertiary/aromatic N) is 4. The fraction of sp³-hybridized carbons (Fsp3) is 0.273. The molecule has 0 atom stereocenters. The molecule has 0 saturated carbocycles. The fourth-order valence-electron chi connectivity index (χ4n) is 3.65. The summed E-state index contributed by atoms with van der Waals surface area (Å²) < 4.78 is 2.00. The van der Waals surface area contributed by atoms with E-state index < -0.39 is 0 Å². The Hall–Kier alpha value is -2.36. The lowest BCUT2D eigenvalue weighted by atomic mass is 10.2. The normalized spacial score (nSPS) is 13.5. The molecule has 6 nitrogen and oxygen atoms in total. The Kier molecular flexibility index (Phi) is 5.97. The molecule has 0 bridgehead atoms. The number of rotatable bonds is 7. The largest absolute Gasteiger partial charge is 0.308 e. The number of fused-ring (bicyclic) bond motifs is 3. The van der Waals surface area contributed by atoms with Crippen LogP contribution in [0.2, 0.25) is 0 Å². The Balaban J connectivity index is 1.23. The monoisotopic (exact) mass is 467 g/mol. The van der Waals surface area contributed by atoms with E-state index in [4.69, 9.17) is 4.98 Å². The molecule has 0 aliphatic heterocycles. The van der Waals surface area contributed by atoms with Crippen LogP contribution < -0.4 is 5.56 Å². The molecular formula is C22H21N5OS3. The molecule has 0 spiro atoms. The minimum Gasteiger partial charge on any atom is -0.308 e. The van der Waals surface area contributed by atoms with Crippen molar-refractivity contribution in [3.8, 4) is 0 Å². The third-order valence-electron chi connectivity index (χ3n) is 5.23. The zero-order valence-corrected chi connectivity index (χ0v) is 19.4. The molecule has 0 unspecified atom stereocenters. The van der Waals surface area contributed by atoms with Gasteiger partial charge in [0.2, 0.25) is 0 Å². The van der Waals surface area contributed by atoms with Crippen molar-refractivity contribution in [1.82, 2.24) is 24.7 Å². The van der Waals surface area contributed by atoms with Crippen molar-refractivity contribution in [3.63, 3.8) is 0 Å². The van der Waals surface area contributed by atoms with Crippen molar-refractivity contribution < 1.29 is 0 Å². The summed E-state index contributed by atoms with van der Waals surface area (Å²) in [6.45, 7) is 0. The van der Waals surface area contributed by atoms with Crippen molar-refractivity contribution in [2.75, 3.05) is 5.75 Å². The lowest BCUT2D eigenvalue weighted by molar-refractivity contribution is 0.762. The van der Waals surface area contributed by atoms with Crippen molar-refractivity contribution >= 4 is 51.2 Å². The summed E-state index contributed by atoms with van der Waals surface area (Å²) in [4.78, 5) is 22.4. The van der Waals surface area contributed by atoms with E-state index in [1.165, 1.54) is 27.8 Å². The molecule has 158 valence electrons. The number of thioether (sulfide) groups is 2. The topological polar surface area (TPSA) is 76.5 Å². The van der Waals surface area contributed by atoms with Gasteiger partial charge in [-0.3, -0.25) is 4.79 Å². The zero-order valence-electron chi connectivity index (χ0n) is 17.0. The Bertz CT molecular complexity index is 1310. The molecule has 1 aliphatic carbocycles. The van der Waals surface area contributed by atoms with Gasteiger partial charge in [0.05, 0.1) is 11.1 Å². The van der Waals surface area contributed by atoms with Gasteiger partial charge in [0.15, 0.2) is 10.3 Å². The highest BCUT2D eigenvalue weighted by atomic mass is 32.2. The Morgan fingerprint density at radius 2 is 2.06 bits per heavy atom. The van der Waals surface area contributed by atoms with Gasteiger partial charge in [-0.25, -0.2) is 4.98 Å². The van der Waals surface area contributed by atoms with E-state index in [1.54, 1.807) is 23.1 Å². The van der Waals surface area contributed by atoms with Crippen molar-refractivity contribution in [1.29, 1.82) is 0 Å². The molecule has 5 rings (SSSR count). The fourth-order valence-corrected chi connectivity index (χ4v) is 6.55. The number of benzene rings is 1. The number of hydrogen-bond acceptors (Lipinski definition) is 7. The van der Waals surface area contributed by atoms with Gasteiger partial charge in [0, 0.05) is 17.7 Å². The summed E-state index contributed by atoms with van der Waals surface area (Å²) >= 11 is 4.80. The van der Waals surface area contributed by atoms with Crippen LogP contribution in [0.1, 0.15) is 28.2 Å². The second-order valence-corrected chi connectivity index (χ2v) is 10.3. The molecule has 3 aromatic heterocycles. The van der Waals surface area contributed by atoms with Crippen LogP contribution in [0.15, 0.2) is 51.5 Å². The number of hydrogen-bond donors (Lipinski definition) is 1. The van der Waals surface area contributed by atoms with Crippen molar-refractivity contribution in [2.24, 2.45) is 7.05 Å². The zero-order chi connectivity index (χ0) is 21.2. The summed E-state index contributed by atoms with van der Waals surface area (Å²) in [6.07, 6.45) is 7.44. The lowest BCUT2D eigenvalue weighted by Gasteiger charge is -2.03. The van der Waals surface area contributed by atoms with Crippen molar-refractivity contribution in [3.05, 3.63) is 68.6 Å². The van der Waals surface area contributed by atoms with Gasteiger partial charge >= 0.3 is 0 Å². The highest BCUT2D eigenvalue weighted by molar-refractivity contribution is 7.99. The average Bonchev–Trinajstić information content (AvgIpc) is 3.45. The summed E-state index contributed by atoms with van der Waals surface area (Å²) in [5.74, 6) is 2.28. The van der Waals surface area contributed by atoms with Gasteiger partial charge in [-0.05, 0) is 30.4 Å². The molecule has 31 heavy (non-hydrogen) atoms. The van der Waals surface area contributed by atoms with E-state index in [2.05, 4.69) is 39.5 Å². The Morgan fingerprint density at radius 3 is 2.94 bits per heavy atom. The molecule has 0 radical (unpaired) electrons. The van der Waals surface area contributed by atoms with Crippen molar-refractivity contribution in [2.45, 2.75) is 35.3 Å².